The van der Waals surface area contributed by atoms with Crippen molar-refractivity contribution in [1.29, 1.82) is 0 Å². The van der Waals surface area contributed by atoms with E-state index >= 15 is 0 Å². The predicted molar refractivity (Wildman–Crippen MR) is 74.8 cm³/mol. The van der Waals surface area contributed by atoms with Gasteiger partial charge < -0.3 is 5.32 Å². The molecule has 2 rings (SSSR count). The first-order valence-electron chi connectivity index (χ1n) is 6.61. The first-order chi connectivity index (χ1) is 8.58. The quantitative estimate of drug-likeness (QED) is 0.863. The fourth-order valence-corrected chi connectivity index (χ4v) is 2.45. The highest BCUT2D eigenvalue weighted by atomic mass is 35.5. The van der Waals surface area contributed by atoms with Gasteiger partial charge in [-0.15, -0.1) is 0 Å². The molecule has 0 aromatic heterocycles. The third-order valence-electron chi connectivity index (χ3n) is 3.39. The molecule has 2 atom stereocenters. The molecule has 3 heteroatoms. The van der Waals surface area contributed by atoms with E-state index in [0.717, 1.165) is 23.4 Å². The Labute approximate surface area is 114 Å². The van der Waals surface area contributed by atoms with Crippen LogP contribution in [0.5, 0.6) is 0 Å². The van der Waals surface area contributed by atoms with Gasteiger partial charge in [0.05, 0.1) is 0 Å². The predicted octanol–water partition coefficient (Wildman–Crippen LogP) is 3.75. The molecule has 1 aliphatic rings. The number of hydrogen-bond acceptors (Lipinski definition) is 1. The van der Waals surface area contributed by atoms with Crippen LogP contribution in [-0.4, -0.2) is 11.9 Å². The second-order valence-electron chi connectivity index (χ2n) is 5.47. The van der Waals surface area contributed by atoms with Crippen molar-refractivity contribution in [2.75, 3.05) is 0 Å². The normalized spacial score (nSPS) is 22.0. The summed E-state index contributed by atoms with van der Waals surface area (Å²) in [5.74, 6) is 1.15. The Morgan fingerprint density at radius 3 is 2.83 bits per heavy atom. The highest BCUT2D eigenvalue weighted by Crippen LogP contribution is 2.43. The molecule has 0 radical (unpaired) electrons. The van der Waals surface area contributed by atoms with Crippen LogP contribution >= 0.6 is 11.6 Å². The number of benzene rings is 1. The summed E-state index contributed by atoms with van der Waals surface area (Å²) in [5.41, 5.74) is 1.16. The molecule has 18 heavy (non-hydrogen) atoms. The van der Waals surface area contributed by atoms with E-state index in [1.807, 2.05) is 24.3 Å². The molecular weight excluding hydrogens is 246 g/mol. The molecule has 0 unspecified atom stereocenters. The second kappa shape index (κ2) is 5.75. The average molecular weight is 266 g/mol. The summed E-state index contributed by atoms with van der Waals surface area (Å²) in [6, 6.07) is 8.17. The number of nitrogens with one attached hydrogen (secondary N) is 1. The van der Waals surface area contributed by atoms with E-state index in [4.69, 9.17) is 11.6 Å². The van der Waals surface area contributed by atoms with Gasteiger partial charge in [0.1, 0.15) is 0 Å². The van der Waals surface area contributed by atoms with Gasteiger partial charge in [0.2, 0.25) is 5.91 Å². The van der Waals surface area contributed by atoms with E-state index in [-0.39, 0.29) is 11.9 Å². The van der Waals surface area contributed by atoms with E-state index in [1.165, 1.54) is 0 Å². The van der Waals surface area contributed by atoms with Gasteiger partial charge in [-0.1, -0.05) is 43.6 Å². The van der Waals surface area contributed by atoms with Crippen molar-refractivity contribution in [3.8, 4) is 0 Å². The van der Waals surface area contributed by atoms with E-state index in [0.29, 0.717) is 18.3 Å². The fourth-order valence-electron chi connectivity index (χ4n) is 2.17. The molecule has 0 saturated heterocycles. The minimum absolute atomic E-state index is 0.170. The van der Waals surface area contributed by atoms with Gasteiger partial charge in [0, 0.05) is 23.4 Å². The van der Waals surface area contributed by atoms with Gasteiger partial charge in [-0.2, -0.15) is 0 Å². The lowest BCUT2D eigenvalue weighted by Gasteiger charge is -2.07. The van der Waals surface area contributed by atoms with Crippen LogP contribution in [0.4, 0.5) is 0 Å². The Hall–Kier alpha value is -1.02. The van der Waals surface area contributed by atoms with Gasteiger partial charge in [-0.25, -0.2) is 0 Å². The summed E-state index contributed by atoms with van der Waals surface area (Å²) in [5, 5.41) is 3.89. The van der Waals surface area contributed by atoms with E-state index in [9.17, 15) is 4.79 Å². The van der Waals surface area contributed by atoms with E-state index in [2.05, 4.69) is 19.2 Å². The molecule has 1 aromatic carbocycles. The lowest BCUT2D eigenvalue weighted by Crippen LogP contribution is -2.26. The van der Waals surface area contributed by atoms with Crippen LogP contribution in [0, 0.1) is 5.92 Å². The van der Waals surface area contributed by atoms with Crippen LogP contribution in [0.1, 0.15) is 44.6 Å². The maximum atomic E-state index is 11.7. The largest absolute Gasteiger partial charge is 0.353 e. The van der Waals surface area contributed by atoms with Crippen molar-refractivity contribution in [2.24, 2.45) is 5.92 Å². The summed E-state index contributed by atoms with van der Waals surface area (Å²) in [4.78, 5) is 11.7. The fraction of sp³-hybridized carbons (Fsp3) is 0.533. The van der Waals surface area contributed by atoms with Crippen LogP contribution in [-0.2, 0) is 4.79 Å². The summed E-state index contributed by atoms with van der Waals surface area (Å²) in [7, 11) is 0. The lowest BCUT2D eigenvalue weighted by atomic mass is 10.1. The van der Waals surface area contributed by atoms with E-state index in [1.54, 1.807) is 0 Å². The van der Waals surface area contributed by atoms with Crippen LogP contribution in [0.25, 0.3) is 0 Å². The zero-order chi connectivity index (χ0) is 13.1. The van der Waals surface area contributed by atoms with Gasteiger partial charge >= 0.3 is 0 Å². The molecule has 1 aromatic rings. The van der Waals surface area contributed by atoms with Crippen LogP contribution in [0.15, 0.2) is 24.3 Å². The third-order valence-corrected chi connectivity index (χ3v) is 3.73. The van der Waals surface area contributed by atoms with Gasteiger partial charge in [-0.05, 0) is 30.4 Å². The Bertz CT molecular complexity index is 430. The van der Waals surface area contributed by atoms with Crippen molar-refractivity contribution >= 4 is 17.5 Å². The van der Waals surface area contributed by atoms with Crippen molar-refractivity contribution in [1.82, 2.24) is 5.32 Å². The molecule has 0 heterocycles. The van der Waals surface area contributed by atoms with E-state index < -0.39 is 0 Å². The Morgan fingerprint density at radius 1 is 1.44 bits per heavy atom. The van der Waals surface area contributed by atoms with Crippen molar-refractivity contribution in [2.45, 2.75) is 45.1 Å². The Morgan fingerprint density at radius 2 is 2.17 bits per heavy atom. The average Bonchev–Trinajstić information content (AvgIpc) is 3.06. The zero-order valence-electron chi connectivity index (χ0n) is 10.9. The molecule has 1 saturated carbocycles. The summed E-state index contributed by atoms with van der Waals surface area (Å²) < 4.78 is 0. The first kappa shape index (κ1) is 13.4. The Kier molecular flexibility index (Phi) is 4.28. The van der Waals surface area contributed by atoms with Gasteiger partial charge in [0.15, 0.2) is 0 Å². The third kappa shape index (κ3) is 3.49. The van der Waals surface area contributed by atoms with Crippen molar-refractivity contribution in [3.63, 3.8) is 0 Å². The molecule has 1 N–H and O–H groups in total. The van der Waals surface area contributed by atoms with Gasteiger partial charge in [0.25, 0.3) is 0 Å². The number of carbonyl (C=O) groups excluding carboxylic acids is 1. The first-order valence-corrected chi connectivity index (χ1v) is 6.99. The maximum Gasteiger partial charge on any atom is 0.220 e. The molecule has 0 bridgehead atoms. The summed E-state index contributed by atoms with van der Waals surface area (Å²) in [6.45, 7) is 4.27. The number of rotatable bonds is 5. The SMILES string of the molecule is CC(C)CCC(=O)N[C@@H]1C[C@H]1c1ccccc1Cl. The molecule has 1 aliphatic carbocycles. The molecule has 0 aliphatic heterocycles. The van der Waals surface area contributed by atoms with Crippen LogP contribution in [0.3, 0.4) is 0 Å². The topological polar surface area (TPSA) is 29.1 Å². The minimum Gasteiger partial charge on any atom is -0.353 e. The molecule has 2 nitrogen and oxygen atoms in total. The number of hydrogen-bond donors (Lipinski definition) is 1. The highest BCUT2D eigenvalue weighted by Gasteiger charge is 2.40. The molecule has 1 amide bonds. The van der Waals surface area contributed by atoms with Gasteiger partial charge in [-0.3, -0.25) is 4.79 Å². The standard InChI is InChI=1S/C15H20ClNO/c1-10(2)7-8-15(18)17-14-9-12(14)11-5-3-4-6-13(11)16/h3-6,10,12,14H,7-9H2,1-2H3,(H,17,18)/t12-,14+/m0/s1. The monoisotopic (exact) mass is 265 g/mol. The zero-order valence-corrected chi connectivity index (χ0v) is 11.7. The second-order valence-corrected chi connectivity index (χ2v) is 5.88. The number of halogens is 1. The smallest absolute Gasteiger partial charge is 0.220 e. The lowest BCUT2D eigenvalue weighted by molar-refractivity contribution is -0.121. The Balaban J connectivity index is 1.82. The highest BCUT2D eigenvalue weighted by molar-refractivity contribution is 6.31. The minimum atomic E-state index is 0.170. The molecular formula is C15H20ClNO. The maximum absolute atomic E-state index is 11.7. The molecule has 0 spiro atoms. The number of carbonyl (C=O) groups is 1. The number of amides is 1. The summed E-state index contributed by atoms with van der Waals surface area (Å²) in [6.07, 6.45) is 2.59. The summed E-state index contributed by atoms with van der Waals surface area (Å²) >= 11 is 6.15. The van der Waals surface area contributed by atoms with Crippen molar-refractivity contribution < 1.29 is 4.79 Å². The van der Waals surface area contributed by atoms with Crippen LogP contribution in [0.2, 0.25) is 5.02 Å². The molecule has 1 fully saturated rings. The van der Waals surface area contributed by atoms with Crippen LogP contribution < -0.4 is 5.32 Å². The molecule has 98 valence electrons. The van der Waals surface area contributed by atoms with Crippen molar-refractivity contribution in [3.05, 3.63) is 34.9 Å².